The van der Waals surface area contributed by atoms with Crippen molar-refractivity contribution in [2.45, 2.75) is 32.7 Å². The van der Waals surface area contributed by atoms with Gasteiger partial charge in [0.25, 0.3) is 0 Å². The van der Waals surface area contributed by atoms with Gasteiger partial charge < -0.3 is 10.6 Å². The number of aromatic nitrogens is 2. The molecule has 2 rings (SSSR count). The van der Waals surface area contributed by atoms with Crippen molar-refractivity contribution in [2.24, 2.45) is 12.0 Å². The summed E-state index contributed by atoms with van der Waals surface area (Å²) in [6, 6.07) is 10.5. The zero-order valence-electron chi connectivity index (χ0n) is 15.1. The number of nitrogens with one attached hydrogen (secondary N) is 2. The Morgan fingerprint density at radius 2 is 1.92 bits per heavy atom. The van der Waals surface area contributed by atoms with Crippen LogP contribution in [0.2, 0.25) is 0 Å². The molecule has 0 amide bonds. The summed E-state index contributed by atoms with van der Waals surface area (Å²) < 4.78 is 1.86. The van der Waals surface area contributed by atoms with Crippen LogP contribution in [0.1, 0.15) is 30.7 Å². The van der Waals surface area contributed by atoms with Gasteiger partial charge in [0.1, 0.15) is 0 Å². The van der Waals surface area contributed by atoms with Crippen LogP contribution in [0.3, 0.4) is 0 Å². The largest absolute Gasteiger partial charge is 0.356 e. The highest BCUT2D eigenvalue weighted by Gasteiger charge is 2.22. The van der Waals surface area contributed by atoms with E-state index in [1.165, 1.54) is 11.1 Å². The maximum absolute atomic E-state index is 4.30. The Labute approximate surface area is 162 Å². The Kier molecular flexibility index (Phi) is 7.72. The van der Waals surface area contributed by atoms with Gasteiger partial charge in [-0.15, -0.1) is 24.0 Å². The van der Waals surface area contributed by atoms with E-state index in [2.05, 4.69) is 65.8 Å². The van der Waals surface area contributed by atoms with E-state index in [1.807, 2.05) is 17.8 Å². The second-order valence-corrected chi connectivity index (χ2v) is 6.42. The second kappa shape index (κ2) is 9.05. The molecular formula is C18H28IN5. The molecule has 0 spiro atoms. The Morgan fingerprint density at radius 3 is 2.50 bits per heavy atom. The fourth-order valence-electron chi connectivity index (χ4n) is 2.70. The van der Waals surface area contributed by atoms with Crippen molar-refractivity contribution in [3.05, 3.63) is 53.3 Å². The highest BCUT2D eigenvalue weighted by molar-refractivity contribution is 14.0. The monoisotopic (exact) mass is 441 g/mol. The first-order chi connectivity index (χ1) is 10.9. The lowest BCUT2D eigenvalue weighted by Crippen LogP contribution is -2.43. The number of hydrogen-bond acceptors (Lipinski definition) is 2. The lowest BCUT2D eigenvalue weighted by molar-refractivity contribution is 0.505. The molecule has 0 aliphatic heterocycles. The Morgan fingerprint density at radius 1 is 1.21 bits per heavy atom. The lowest BCUT2D eigenvalue weighted by Gasteiger charge is -2.28. The van der Waals surface area contributed by atoms with E-state index in [-0.39, 0.29) is 29.4 Å². The topological polar surface area (TPSA) is 54.2 Å². The molecule has 0 unspecified atom stereocenters. The summed E-state index contributed by atoms with van der Waals surface area (Å²) >= 11 is 0. The highest BCUT2D eigenvalue weighted by Crippen LogP contribution is 2.25. The summed E-state index contributed by atoms with van der Waals surface area (Å²) in [4.78, 5) is 4.30. The number of halogens is 1. The fraction of sp³-hybridized carbons (Fsp3) is 0.444. The summed E-state index contributed by atoms with van der Waals surface area (Å²) in [7, 11) is 3.73. The van der Waals surface area contributed by atoms with E-state index in [1.54, 1.807) is 13.2 Å². The summed E-state index contributed by atoms with van der Waals surface area (Å²) in [5.74, 6) is 0.799. The van der Waals surface area contributed by atoms with Crippen LogP contribution in [0.4, 0.5) is 0 Å². The third-order valence-corrected chi connectivity index (χ3v) is 4.15. The minimum Gasteiger partial charge on any atom is -0.356 e. The van der Waals surface area contributed by atoms with Gasteiger partial charge in [-0.1, -0.05) is 38.1 Å². The smallest absolute Gasteiger partial charge is 0.191 e. The van der Waals surface area contributed by atoms with Crippen LogP contribution in [-0.2, 0) is 19.0 Å². The van der Waals surface area contributed by atoms with Crippen molar-refractivity contribution in [3.8, 4) is 0 Å². The van der Waals surface area contributed by atoms with Crippen molar-refractivity contribution < 1.29 is 0 Å². The minimum absolute atomic E-state index is 0. The molecule has 0 bridgehead atoms. The van der Waals surface area contributed by atoms with Gasteiger partial charge in [-0.05, 0) is 24.1 Å². The van der Waals surface area contributed by atoms with Crippen molar-refractivity contribution in [2.75, 3.05) is 13.6 Å². The molecular weight excluding hydrogens is 413 g/mol. The third-order valence-electron chi connectivity index (χ3n) is 4.15. The second-order valence-electron chi connectivity index (χ2n) is 6.42. The molecule has 6 heteroatoms. The van der Waals surface area contributed by atoms with Crippen molar-refractivity contribution in [3.63, 3.8) is 0 Å². The number of nitrogens with zero attached hydrogens (tertiary/aromatic N) is 3. The molecule has 5 nitrogen and oxygen atoms in total. The fourth-order valence-corrected chi connectivity index (χ4v) is 2.70. The van der Waals surface area contributed by atoms with Crippen LogP contribution in [-0.4, -0.2) is 29.3 Å². The average Bonchev–Trinajstić information content (AvgIpc) is 2.93. The van der Waals surface area contributed by atoms with Crippen LogP contribution < -0.4 is 10.6 Å². The number of hydrogen-bond donors (Lipinski definition) is 2. The zero-order valence-corrected chi connectivity index (χ0v) is 17.5. The first kappa shape index (κ1) is 20.5. The van der Waals surface area contributed by atoms with E-state index < -0.39 is 0 Å². The molecule has 1 aromatic heterocycles. The van der Waals surface area contributed by atoms with Gasteiger partial charge >= 0.3 is 0 Å². The predicted molar refractivity (Wildman–Crippen MR) is 111 cm³/mol. The summed E-state index contributed by atoms with van der Waals surface area (Å²) in [5, 5.41) is 10.9. The van der Waals surface area contributed by atoms with Gasteiger partial charge in [0.05, 0.1) is 12.2 Å². The van der Waals surface area contributed by atoms with E-state index in [0.29, 0.717) is 6.54 Å². The van der Waals surface area contributed by atoms with E-state index in [9.17, 15) is 0 Å². The average molecular weight is 441 g/mol. The van der Waals surface area contributed by atoms with Crippen LogP contribution in [0.5, 0.6) is 0 Å². The SMILES string of the molecule is CN=C(NCc1ccnn1C)NCC(C)(C)c1ccccc1C.I. The summed E-state index contributed by atoms with van der Waals surface area (Å²) in [5.41, 5.74) is 3.81. The maximum Gasteiger partial charge on any atom is 0.191 e. The first-order valence-electron chi connectivity index (χ1n) is 7.91. The van der Waals surface area contributed by atoms with E-state index in [0.717, 1.165) is 18.2 Å². The number of benzene rings is 1. The van der Waals surface area contributed by atoms with Crippen LogP contribution in [0, 0.1) is 6.92 Å². The van der Waals surface area contributed by atoms with Gasteiger partial charge in [-0.25, -0.2) is 0 Å². The molecule has 0 saturated heterocycles. The van der Waals surface area contributed by atoms with Gasteiger partial charge in [-0.3, -0.25) is 9.67 Å². The van der Waals surface area contributed by atoms with Crippen LogP contribution in [0.25, 0.3) is 0 Å². The van der Waals surface area contributed by atoms with Gasteiger partial charge in [0.2, 0.25) is 0 Å². The van der Waals surface area contributed by atoms with Gasteiger partial charge in [0.15, 0.2) is 5.96 Å². The highest BCUT2D eigenvalue weighted by atomic mass is 127. The Hall–Kier alpha value is -1.57. The summed E-state index contributed by atoms with van der Waals surface area (Å²) in [6.45, 7) is 8.16. The Balaban J connectivity index is 0.00000288. The molecule has 0 aliphatic rings. The third kappa shape index (κ3) is 5.22. The zero-order chi connectivity index (χ0) is 16.9. The van der Waals surface area contributed by atoms with Crippen molar-refractivity contribution in [1.29, 1.82) is 0 Å². The van der Waals surface area contributed by atoms with Crippen molar-refractivity contribution in [1.82, 2.24) is 20.4 Å². The molecule has 24 heavy (non-hydrogen) atoms. The lowest BCUT2D eigenvalue weighted by atomic mass is 9.82. The van der Waals surface area contributed by atoms with Crippen LogP contribution in [0.15, 0.2) is 41.5 Å². The number of aryl methyl sites for hydroxylation is 2. The van der Waals surface area contributed by atoms with Gasteiger partial charge in [0, 0.05) is 32.3 Å². The molecule has 0 radical (unpaired) electrons. The quantitative estimate of drug-likeness (QED) is 0.426. The van der Waals surface area contributed by atoms with E-state index in [4.69, 9.17) is 0 Å². The van der Waals surface area contributed by atoms with Crippen LogP contribution >= 0.6 is 24.0 Å². The van der Waals surface area contributed by atoms with E-state index >= 15 is 0 Å². The maximum atomic E-state index is 4.30. The number of rotatable bonds is 5. The summed E-state index contributed by atoms with van der Waals surface area (Å²) in [6.07, 6.45) is 1.80. The number of aliphatic imine (C=N–C) groups is 1. The minimum atomic E-state index is 0. The molecule has 1 aromatic carbocycles. The molecule has 132 valence electrons. The Bertz CT molecular complexity index is 676. The first-order valence-corrected chi connectivity index (χ1v) is 7.91. The normalized spacial score (nSPS) is 11.8. The standard InChI is InChI=1S/C18H27N5.HI/c1-14-8-6-7-9-16(14)18(2,3)13-21-17(19-4)20-12-15-10-11-22-23(15)5;/h6-11H,12-13H2,1-5H3,(H2,19,20,21);1H. The molecule has 2 aromatic rings. The molecule has 1 heterocycles. The van der Waals surface area contributed by atoms with Gasteiger partial charge in [-0.2, -0.15) is 5.10 Å². The molecule has 0 saturated carbocycles. The molecule has 0 aliphatic carbocycles. The van der Waals surface area contributed by atoms with Crippen molar-refractivity contribution >= 4 is 29.9 Å². The molecule has 2 N–H and O–H groups in total. The molecule has 0 fully saturated rings. The molecule has 0 atom stereocenters. The number of guanidine groups is 1. The predicted octanol–water partition coefficient (Wildman–Crippen LogP) is 2.99.